The number of nitrogens with zero attached hydrogens (tertiary/aromatic N) is 1. The van der Waals surface area contributed by atoms with Gasteiger partial charge in [0.25, 0.3) is 0 Å². The van der Waals surface area contributed by atoms with Crippen molar-refractivity contribution in [3.05, 3.63) is 56.2 Å². The van der Waals surface area contributed by atoms with Crippen LogP contribution in [0.5, 0.6) is 17.2 Å². The normalized spacial score (nSPS) is 15.4. The second-order valence-electron chi connectivity index (χ2n) is 10.1. The quantitative estimate of drug-likeness (QED) is 0.362. The Kier molecular flexibility index (Phi) is 8.44. The Balaban J connectivity index is 1.50. The van der Waals surface area contributed by atoms with Gasteiger partial charge in [0.1, 0.15) is 0 Å². The number of carbonyl (C=O) groups is 2. The van der Waals surface area contributed by atoms with Crippen molar-refractivity contribution in [2.45, 2.75) is 51.5 Å². The lowest BCUT2D eigenvalue weighted by atomic mass is 9.95. The topological polar surface area (TPSA) is 128 Å². The Labute approximate surface area is 242 Å². The Morgan fingerprint density at radius 1 is 1.02 bits per heavy atom. The largest absolute Gasteiger partial charge is 0.493 e. The number of amides is 2. The Hall–Kier alpha value is -4.12. The molecule has 3 N–H and O–H groups in total. The van der Waals surface area contributed by atoms with Crippen molar-refractivity contribution in [1.82, 2.24) is 10.3 Å². The molecule has 0 spiro atoms. The fourth-order valence-electron chi connectivity index (χ4n) is 5.60. The smallest absolute Gasteiger partial charge is 0.245 e. The number of hydrogen-bond acceptors (Lipinski definition) is 9. The van der Waals surface area contributed by atoms with Crippen LogP contribution in [0, 0.1) is 0 Å². The van der Waals surface area contributed by atoms with Gasteiger partial charge in [0, 0.05) is 17.4 Å². The highest BCUT2D eigenvalue weighted by Gasteiger charge is 2.29. The van der Waals surface area contributed by atoms with Gasteiger partial charge < -0.3 is 30.2 Å². The molecule has 2 aromatic carbocycles. The van der Waals surface area contributed by atoms with Gasteiger partial charge in [0.05, 0.1) is 45.3 Å². The summed E-state index contributed by atoms with van der Waals surface area (Å²) in [5.74, 6) is 0.952. The van der Waals surface area contributed by atoms with Gasteiger partial charge in [-0.05, 0) is 73.4 Å². The Morgan fingerprint density at radius 2 is 1.80 bits per heavy atom. The lowest BCUT2D eigenvalue weighted by molar-refractivity contribution is -0.119. The van der Waals surface area contributed by atoms with Gasteiger partial charge in [-0.25, -0.2) is 4.98 Å². The second-order valence-corrected chi connectivity index (χ2v) is 11.2. The van der Waals surface area contributed by atoms with Crippen LogP contribution < -0.4 is 35.6 Å². The minimum Gasteiger partial charge on any atom is -0.493 e. The van der Waals surface area contributed by atoms with E-state index in [0.29, 0.717) is 40.8 Å². The summed E-state index contributed by atoms with van der Waals surface area (Å²) < 4.78 is 17.0. The van der Waals surface area contributed by atoms with Gasteiger partial charge in [-0.1, -0.05) is 6.07 Å². The van der Waals surface area contributed by atoms with E-state index >= 15 is 0 Å². The zero-order valence-corrected chi connectivity index (χ0v) is 24.5. The van der Waals surface area contributed by atoms with Crippen LogP contribution in [0.4, 0.5) is 10.8 Å². The molecular weight excluding hydrogens is 544 g/mol. The lowest BCUT2D eigenvalue weighted by Gasteiger charge is -2.19. The van der Waals surface area contributed by atoms with Gasteiger partial charge in [0.15, 0.2) is 16.6 Å². The number of anilines is 2. The molecule has 11 heteroatoms. The van der Waals surface area contributed by atoms with E-state index in [4.69, 9.17) is 14.2 Å². The van der Waals surface area contributed by atoms with E-state index in [1.807, 2.05) is 12.1 Å². The molecular formula is C30H34N4O6S. The third kappa shape index (κ3) is 5.85. The molecule has 0 fully saturated rings. The molecule has 0 radical (unpaired) electrons. The first-order chi connectivity index (χ1) is 19.8. The van der Waals surface area contributed by atoms with E-state index in [9.17, 15) is 14.4 Å². The highest BCUT2D eigenvalue weighted by Crippen LogP contribution is 2.50. The second kappa shape index (κ2) is 12.2. The van der Waals surface area contributed by atoms with Crippen LogP contribution in [0.3, 0.4) is 0 Å². The van der Waals surface area contributed by atoms with Crippen molar-refractivity contribution in [1.29, 1.82) is 0 Å². The first-order valence-electron chi connectivity index (χ1n) is 13.6. The van der Waals surface area contributed by atoms with Crippen LogP contribution in [-0.2, 0) is 28.9 Å². The molecule has 10 nitrogen and oxygen atoms in total. The molecule has 1 aromatic heterocycles. The molecule has 5 rings (SSSR count). The molecule has 2 amide bonds. The summed E-state index contributed by atoms with van der Waals surface area (Å²) in [4.78, 5) is 44.1. The molecule has 0 unspecified atom stereocenters. The fraction of sp³-hybridized carbons (Fsp3) is 0.400. The first-order valence-corrected chi connectivity index (χ1v) is 14.4. The van der Waals surface area contributed by atoms with Crippen LogP contribution in [0.1, 0.15) is 53.9 Å². The standard InChI is InChI=1S/C30H34N4O6S/c1-16(35)32-20-11-9-17-13-24(38-2)28(39-3)29(40-4)27(17)18-10-12-21(23(36)14-19(18)20)31-15-26(37)34-30-33-22-7-5-6-8-25(22)41-30/h10,12-14,20H,5-9,11,15H2,1-4H3,(H,31,36)(H,32,35)(H,33,34,37)/t20-/m1/s1. The first kappa shape index (κ1) is 28.4. The third-order valence-corrected chi connectivity index (χ3v) is 8.52. The fourth-order valence-corrected chi connectivity index (χ4v) is 6.66. The molecule has 2 aliphatic carbocycles. The van der Waals surface area contributed by atoms with E-state index in [1.165, 1.54) is 29.2 Å². The van der Waals surface area contributed by atoms with Gasteiger partial charge in [-0.15, -0.1) is 11.3 Å². The number of hydrogen-bond donors (Lipinski definition) is 3. The number of fused-ring (bicyclic) bond motifs is 4. The highest BCUT2D eigenvalue weighted by molar-refractivity contribution is 7.15. The number of thiazole rings is 1. The average molecular weight is 579 g/mol. The van der Waals surface area contributed by atoms with Crippen LogP contribution >= 0.6 is 11.3 Å². The summed E-state index contributed by atoms with van der Waals surface area (Å²) in [6.07, 6.45) is 5.37. The molecule has 0 aliphatic heterocycles. The summed E-state index contributed by atoms with van der Waals surface area (Å²) >= 11 is 1.52. The third-order valence-electron chi connectivity index (χ3n) is 7.45. The van der Waals surface area contributed by atoms with Crippen molar-refractivity contribution in [2.24, 2.45) is 0 Å². The maximum absolute atomic E-state index is 13.4. The summed E-state index contributed by atoms with van der Waals surface area (Å²) in [6, 6.07) is 6.49. The van der Waals surface area contributed by atoms with Gasteiger partial charge >= 0.3 is 0 Å². The van der Waals surface area contributed by atoms with Gasteiger partial charge in [-0.2, -0.15) is 0 Å². The van der Waals surface area contributed by atoms with E-state index in [0.717, 1.165) is 48.1 Å². The molecule has 41 heavy (non-hydrogen) atoms. The number of aromatic nitrogens is 1. The lowest BCUT2D eigenvalue weighted by Crippen LogP contribution is -2.27. The molecule has 2 aliphatic rings. The minimum atomic E-state index is -0.413. The van der Waals surface area contributed by atoms with Crippen molar-refractivity contribution < 1.29 is 23.8 Å². The van der Waals surface area contributed by atoms with E-state index in [1.54, 1.807) is 27.4 Å². The van der Waals surface area contributed by atoms with Crippen LogP contribution in [0.15, 0.2) is 29.1 Å². The van der Waals surface area contributed by atoms with Crippen LogP contribution in [0.25, 0.3) is 11.1 Å². The predicted molar refractivity (Wildman–Crippen MR) is 159 cm³/mol. The van der Waals surface area contributed by atoms with Gasteiger partial charge in [-0.3, -0.25) is 14.4 Å². The number of methoxy groups -OCH3 is 3. The Morgan fingerprint density at radius 3 is 2.51 bits per heavy atom. The Bertz CT molecular complexity index is 1530. The minimum absolute atomic E-state index is 0.103. The number of aryl methyl sites for hydroxylation is 3. The number of benzene rings is 1. The molecule has 0 bridgehead atoms. The molecule has 0 saturated heterocycles. The molecule has 0 saturated carbocycles. The molecule has 1 heterocycles. The summed E-state index contributed by atoms with van der Waals surface area (Å²) in [6.45, 7) is 1.35. The predicted octanol–water partition coefficient (Wildman–Crippen LogP) is 4.25. The van der Waals surface area contributed by atoms with E-state index < -0.39 is 6.04 Å². The average Bonchev–Trinajstić information content (AvgIpc) is 3.22. The SMILES string of the molecule is COc1cc2c(c(OC)c1OC)-c1ccc(NCC(=O)Nc3nc4c(s3)CCCC4)c(=O)cc1[C@H](NC(C)=O)CC2. The molecule has 1 atom stereocenters. The van der Waals surface area contributed by atoms with Crippen molar-refractivity contribution in [2.75, 3.05) is 38.5 Å². The van der Waals surface area contributed by atoms with Crippen molar-refractivity contribution in [3.8, 4) is 28.4 Å². The van der Waals surface area contributed by atoms with Crippen LogP contribution in [0.2, 0.25) is 0 Å². The van der Waals surface area contributed by atoms with Gasteiger partial charge in [0.2, 0.25) is 23.0 Å². The number of ether oxygens (including phenoxy) is 3. The summed E-state index contributed by atoms with van der Waals surface area (Å²) in [5, 5.41) is 9.43. The van der Waals surface area contributed by atoms with Crippen molar-refractivity contribution >= 4 is 34.0 Å². The number of carbonyl (C=O) groups excluding carboxylic acids is 2. The summed E-state index contributed by atoms with van der Waals surface area (Å²) in [7, 11) is 4.66. The van der Waals surface area contributed by atoms with E-state index in [2.05, 4.69) is 20.9 Å². The van der Waals surface area contributed by atoms with E-state index in [-0.39, 0.29) is 29.5 Å². The van der Waals surface area contributed by atoms with Crippen molar-refractivity contribution in [3.63, 3.8) is 0 Å². The zero-order chi connectivity index (χ0) is 29.1. The highest BCUT2D eigenvalue weighted by atomic mass is 32.1. The monoisotopic (exact) mass is 578 g/mol. The summed E-state index contributed by atoms with van der Waals surface area (Å²) in [5.41, 5.74) is 4.10. The number of nitrogens with one attached hydrogen (secondary N) is 3. The molecule has 216 valence electrons. The maximum atomic E-state index is 13.4. The maximum Gasteiger partial charge on any atom is 0.245 e. The number of rotatable bonds is 8. The zero-order valence-electron chi connectivity index (χ0n) is 23.6. The molecule has 3 aromatic rings. The van der Waals surface area contributed by atoms with Crippen LogP contribution in [-0.4, -0.2) is 44.7 Å².